The van der Waals surface area contributed by atoms with Crippen molar-refractivity contribution in [1.29, 1.82) is 0 Å². The largest absolute Gasteiger partial charge is 0.370 e. The third kappa shape index (κ3) is 3.65. The highest BCUT2D eigenvalue weighted by molar-refractivity contribution is 6.38. The van der Waals surface area contributed by atoms with E-state index in [0.29, 0.717) is 10.2 Å². The summed E-state index contributed by atoms with van der Waals surface area (Å²) >= 11 is 18.4. The second-order valence-corrected chi connectivity index (χ2v) is 6.53. The van der Waals surface area contributed by atoms with Crippen molar-refractivity contribution in [3.8, 4) is 0 Å². The van der Waals surface area contributed by atoms with Gasteiger partial charge in [-0.2, -0.15) is 0 Å². The maximum absolute atomic E-state index is 13.3. The van der Waals surface area contributed by atoms with E-state index in [0.717, 1.165) is 44.0 Å². The molecule has 0 radical (unpaired) electrons. The van der Waals surface area contributed by atoms with Crippen LogP contribution in [0.15, 0.2) is 30.5 Å². The highest BCUT2D eigenvalue weighted by atomic mass is 35.5. The highest BCUT2D eigenvalue weighted by Gasteiger charge is 2.20. The fourth-order valence-electron chi connectivity index (χ4n) is 2.77. The summed E-state index contributed by atoms with van der Waals surface area (Å²) in [5.41, 5.74) is 1.69. The molecule has 0 bridgehead atoms. The van der Waals surface area contributed by atoms with E-state index in [4.69, 9.17) is 34.8 Å². The van der Waals surface area contributed by atoms with Crippen LogP contribution in [0.4, 0.5) is 15.8 Å². The number of anilines is 2. The molecule has 3 rings (SSSR count). The van der Waals surface area contributed by atoms with E-state index in [9.17, 15) is 4.39 Å². The standard InChI is InChI=1S/C16H15Cl3FN3/c17-12-4-5-21-16(19)15(12)23-7-1-6-22(8-9-23)11-2-3-14(20)13(18)10-11/h2-5,10H,1,6-9H2. The van der Waals surface area contributed by atoms with Gasteiger partial charge in [-0.3, -0.25) is 0 Å². The number of benzene rings is 1. The summed E-state index contributed by atoms with van der Waals surface area (Å²) in [5.74, 6) is -0.402. The molecule has 0 amide bonds. The van der Waals surface area contributed by atoms with Crippen molar-refractivity contribution in [3.63, 3.8) is 0 Å². The van der Waals surface area contributed by atoms with Crippen LogP contribution in [-0.4, -0.2) is 31.2 Å². The lowest BCUT2D eigenvalue weighted by atomic mass is 10.2. The first kappa shape index (κ1) is 16.6. The van der Waals surface area contributed by atoms with E-state index in [1.165, 1.54) is 6.07 Å². The summed E-state index contributed by atoms with van der Waals surface area (Å²) in [6.07, 6.45) is 2.52. The Kier molecular flexibility index (Phi) is 5.14. The molecule has 1 aliphatic rings. The van der Waals surface area contributed by atoms with Crippen LogP contribution in [0.1, 0.15) is 6.42 Å². The first-order valence-electron chi connectivity index (χ1n) is 7.31. The Morgan fingerprint density at radius 2 is 1.65 bits per heavy atom. The number of hydrogen-bond acceptors (Lipinski definition) is 3. The number of rotatable bonds is 2. The third-order valence-electron chi connectivity index (χ3n) is 3.91. The molecular weight excluding hydrogens is 360 g/mol. The molecule has 23 heavy (non-hydrogen) atoms. The average molecular weight is 375 g/mol. The lowest BCUT2D eigenvalue weighted by Gasteiger charge is -2.26. The predicted molar refractivity (Wildman–Crippen MR) is 94.7 cm³/mol. The molecule has 122 valence electrons. The zero-order valence-corrected chi connectivity index (χ0v) is 14.5. The van der Waals surface area contributed by atoms with Crippen molar-refractivity contribution in [1.82, 2.24) is 4.98 Å². The Labute approximate surface area is 149 Å². The lowest BCUT2D eigenvalue weighted by molar-refractivity contribution is 0.628. The second-order valence-electron chi connectivity index (χ2n) is 5.36. The Hall–Kier alpha value is -1.23. The number of halogens is 4. The maximum Gasteiger partial charge on any atom is 0.153 e. The van der Waals surface area contributed by atoms with Gasteiger partial charge in [-0.25, -0.2) is 9.37 Å². The van der Waals surface area contributed by atoms with Crippen LogP contribution in [0.5, 0.6) is 0 Å². The molecule has 3 nitrogen and oxygen atoms in total. The maximum atomic E-state index is 13.3. The van der Waals surface area contributed by atoms with Crippen LogP contribution in [0.2, 0.25) is 15.2 Å². The van der Waals surface area contributed by atoms with Gasteiger partial charge in [0, 0.05) is 38.1 Å². The van der Waals surface area contributed by atoms with E-state index in [1.807, 2.05) is 0 Å². The summed E-state index contributed by atoms with van der Waals surface area (Å²) < 4.78 is 13.3. The molecule has 0 atom stereocenters. The summed E-state index contributed by atoms with van der Waals surface area (Å²) in [6.45, 7) is 3.20. The molecule has 1 aromatic heterocycles. The topological polar surface area (TPSA) is 19.4 Å². The van der Waals surface area contributed by atoms with Crippen LogP contribution < -0.4 is 9.80 Å². The van der Waals surface area contributed by atoms with E-state index in [-0.39, 0.29) is 5.02 Å². The third-order valence-corrected chi connectivity index (χ3v) is 4.78. The monoisotopic (exact) mass is 373 g/mol. The fourth-order valence-corrected chi connectivity index (χ4v) is 3.54. The van der Waals surface area contributed by atoms with Gasteiger partial charge in [-0.1, -0.05) is 34.8 Å². The van der Waals surface area contributed by atoms with Gasteiger partial charge >= 0.3 is 0 Å². The fraction of sp³-hybridized carbons (Fsp3) is 0.312. The zero-order valence-electron chi connectivity index (χ0n) is 12.3. The molecule has 0 saturated carbocycles. The molecule has 7 heteroatoms. The molecule has 1 fully saturated rings. The van der Waals surface area contributed by atoms with Crippen molar-refractivity contribution >= 4 is 46.2 Å². The van der Waals surface area contributed by atoms with E-state index in [2.05, 4.69) is 14.8 Å². The molecule has 0 N–H and O–H groups in total. The van der Waals surface area contributed by atoms with E-state index in [1.54, 1.807) is 24.4 Å². The Balaban J connectivity index is 1.78. The number of aromatic nitrogens is 1. The van der Waals surface area contributed by atoms with Gasteiger partial charge in [0.1, 0.15) is 5.82 Å². The van der Waals surface area contributed by atoms with Crippen LogP contribution in [0, 0.1) is 5.82 Å². The van der Waals surface area contributed by atoms with Gasteiger partial charge in [0.25, 0.3) is 0 Å². The minimum atomic E-state index is -0.402. The Morgan fingerprint density at radius 3 is 2.39 bits per heavy atom. The minimum Gasteiger partial charge on any atom is -0.370 e. The van der Waals surface area contributed by atoms with Gasteiger partial charge in [-0.05, 0) is 30.7 Å². The quantitative estimate of drug-likeness (QED) is 0.697. The minimum absolute atomic E-state index is 0.141. The summed E-state index contributed by atoms with van der Waals surface area (Å²) in [6, 6.07) is 6.55. The highest BCUT2D eigenvalue weighted by Crippen LogP contribution is 2.33. The van der Waals surface area contributed by atoms with Gasteiger partial charge < -0.3 is 9.80 Å². The van der Waals surface area contributed by atoms with Gasteiger partial charge in [0.2, 0.25) is 0 Å². The molecule has 1 saturated heterocycles. The first-order chi connectivity index (χ1) is 11.1. The Morgan fingerprint density at radius 1 is 0.913 bits per heavy atom. The summed E-state index contributed by atoms with van der Waals surface area (Å²) in [7, 11) is 0. The van der Waals surface area contributed by atoms with Gasteiger partial charge in [-0.15, -0.1) is 0 Å². The number of hydrogen-bond donors (Lipinski definition) is 0. The van der Waals surface area contributed by atoms with E-state index >= 15 is 0 Å². The number of pyridine rings is 1. The predicted octanol–water partition coefficient (Wildman–Crippen LogP) is 4.90. The molecule has 2 heterocycles. The van der Waals surface area contributed by atoms with Crippen molar-refractivity contribution < 1.29 is 4.39 Å². The van der Waals surface area contributed by atoms with Crippen LogP contribution >= 0.6 is 34.8 Å². The molecule has 0 aliphatic carbocycles. The van der Waals surface area contributed by atoms with Crippen LogP contribution in [0.25, 0.3) is 0 Å². The van der Waals surface area contributed by atoms with Gasteiger partial charge in [0.05, 0.1) is 15.7 Å². The summed E-state index contributed by atoms with van der Waals surface area (Å²) in [4.78, 5) is 8.44. The average Bonchev–Trinajstić information content (AvgIpc) is 2.76. The molecule has 1 aliphatic heterocycles. The smallest absolute Gasteiger partial charge is 0.153 e. The van der Waals surface area contributed by atoms with Crippen molar-refractivity contribution in [3.05, 3.63) is 51.5 Å². The normalized spacial score (nSPS) is 15.7. The summed E-state index contributed by atoms with van der Waals surface area (Å²) in [5, 5.41) is 1.15. The van der Waals surface area contributed by atoms with Crippen LogP contribution in [0.3, 0.4) is 0 Å². The van der Waals surface area contributed by atoms with Crippen molar-refractivity contribution in [2.45, 2.75) is 6.42 Å². The molecule has 0 spiro atoms. The second kappa shape index (κ2) is 7.12. The van der Waals surface area contributed by atoms with E-state index < -0.39 is 5.82 Å². The van der Waals surface area contributed by atoms with Gasteiger partial charge in [0.15, 0.2) is 5.15 Å². The van der Waals surface area contributed by atoms with Crippen molar-refractivity contribution in [2.24, 2.45) is 0 Å². The Bertz CT molecular complexity index is 691. The van der Waals surface area contributed by atoms with Crippen molar-refractivity contribution in [2.75, 3.05) is 36.0 Å². The SMILES string of the molecule is Fc1ccc(N2CCCN(c3c(Cl)ccnc3Cl)CC2)cc1Cl. The number of nitrogens with zero attached hydrogens (tertiary/aromatic N) is 3. The molecule has 2 aromatic rings. The molecular formula is C16H15Cl3FN3. The van der Waals surface area contributed by atoms with Crippen LogP contribution in [-0.2, 0) is 0 Å². The molecule has 1 aromatic carbocycles. The molecule has 0 unspecified atom stereocenters. The lowest BCUT2D eigenvalue weighted by Crippen LogP contribution is -2.31. The zero-order chi connectivity index (χ0) is 16.4. The first-order valence-corrected chi connectivity index (χ1v) is 8.44.